The summed E-state index contributed by atoms with van der Waals surface area (Å²) >= 11 is 0. The van der Waals surface area contributed by atoms with E-state index in [2.05, 4.69) is 18.3 Å². The molecule has 0 aliphatic rings. The van der Waals surface area contributed by atoms with Gasteiger partial charge in [0.1, 0.15) is 0 Å². The van der Waals surface area contributed by atoms with Crippen LogP contribution in [0.4, 0.5) is 0 Å². The fraction of sp³-hybridized carbons (Fsp3) is 0.818. The number of nitrogens with two attached hydrogens (primary N) is 2. The Morgan fingerprint density at radius 2 is 1.86 bits per heavy atom. The first kappa shape index (κ1) is 13.6. The molecule has 14 heavy (non-hydrogen) atoms. The van der Waals surface area contributed by atoms with E-state index in [1.807, 2.05) is 26.8 Å². The van der Waals surface area contributed by atoms with Gasteiger partial charge in [0.2, 0.25) is 0 Å². The summed E-state index contributed by atoms with van der Waals surface area (Å²) in [6, 6.07) is 0. The molecular weight excluding hydrogens is 174 g/mol. The molecule has 3 heteroatoms. The maximum atomic E-state index is 5.92. The minimum Gasteiger partial charge on any atom is -0.330 e. The van der Waals surface area contributed by atoms with Gasteiger partial charge in [-0.15, -0.1) is 0 Å². The molecule has 0 spiro atoms. The first-order chi connectivity index (χ1) is 6.33. The van der Waals surface area contributed by atoms with Crippen molar-refractivity contribution in [2.45, 2.75) is 45.2 Å². The highest BCUT2D eigenvalue weighted by molar-refractivity contribution is 5.03. The molecule has 0 aromatic heterocycles. The third-order valence-electron chi connectivity index (χ3n) is 2.15. The van der Waals surface area contributed by atoms with E-state index in [9.17, 15) is 0 Å². The second-order valence-electron chi connectivity index (χ2n) is 4.80. The average molecular weight is 199 g/mol. The van der Waals surface area contributed by atoms with Crippen molar-refractivity contribution in [3.05, 3.63) is 12.2 Å². The molecule has 0 aliphatic heterocycles. The molecule has 84 valence electrons. The van der Waals surface area contributed by atoms with Gasteiger partial charge in [0.05, 0.1) is 0 Å². The van der Waals surface area contributed by atoms with Gasteiger partial charge in [-0.05, 0) is 40.7 Å². The first-order valence-corrected chi connectivity index (χ1v) is 5.21. The molecule has 1 unspecified atom stereocenters. The van der Waals surface area contributed by atoms with Crippen LogP contribution in [-0.2, 0) is 0 Å². The fourth-order valence-corrected chi connectivity index (χ4v) is 1.33. The molecule has 0 fully saturated rings. The SMILES string of the molecule is CC=CC(C)(CCN)NCC(C)(C)N. The van der Waals surface area contributed by atoms with Crippen molar-refractivity contribution in [2.24, 2.45) is 11.5 Å². The van der Waals surface area contributed by atoms with Crippen molar-refractivity contribution < 1.29 is 0 Å². The van der Waals surface area contributed by atoms with Gasteiger partial charge < -0.3 is 16.8 Å². The van der Waals surface area contributed by atoms with Crippen molar-refractivity contribution in [3.8, 4) is 0 Å². The van der Waals surface area contributed by atoms with Gasteiger partial charge in [-0.25, -0.2) is 0 Å². The molecular formula is C11H25N3. The zero-order valence-corrected chi connectivity index (χ0v) is 9.93. The third kappa shape index (κ3) is 6.13. The Bertz CT molecular complexity index is 181. The van der Waals surface area contributed by atoms with E-state index in [0.717, 1.165) is 13.0 Å². The molecule has 0 radical (unpaired) electrons. The smallest absolute Gasteiger partial charge is 0.0348 e. The molecule has 0 rings (SSSR count). The molecule has 0 heterocycles. The minimum atomic E-state index is -0.183. The highest BCUT2D eigenvalue weighted by Crippen LogP contribution is 2.11. The lowest BCUT2D eigenvalue weighted by Gasteiger charge is -2.31. The Kier molecular flexibility index (Phi) is 5.34. The van der Waals surface area contributed by atoms with Gasteiger partial charge in [-0.1, -0.05) is 12.2 Å². The van der Waals surface area contributed by atoms with E-state index in [-0.39, 0.29) is 11.1 Å². The summed E-state index contributed by atoms with van der Waals surface area (Å²) in [6.45, 7) is 9.65. The lowest BCUT2D eigenvalue weighted by Crippen LogP contribution is -2.51. The lowest BCUT2D eigenvalue weighted by molar-refractivity contribution is 0.358. The predicted octanol–water partition coefficient (Wildman–Crippen LogP) is 0.997. The van der Waals surface area contributed by atoms with Gasteiger partial charge in [0, 0.05) is 17.6 Å². The van der Waals surface area contributed by atoms with E-state index in [4.69, 9.17) is 11.5 Å². The Hall–Kier alpha value is -0.380. The van der Waals surface area contributed by atoms with E-state index >= 15 is 0 Å². The van der Waals surface area contributed by atoms with Crippen LogP contribution in [0.1, 0.15) is 34.1 Å². The van der Waals surface area contributed by atoms with Crippen molar-refractivity contribution in [1.29, 1.82) is 0 Å². The Labute approximate surface area is 87.9 Å². The van der Waals surface area contributed by atoms with Crippen LogP contribution in [0.2, 0.25) is 0 Å². The molecule has 5 N–H and O–H groups in total. The summed E-state index contributed by atoms with van der Waals surface area (Å²) in [5.74, 6) is 0. The van der Waals surface area contributed by atoms with Crippen LogP contribution in [0, 0.1) is 0 Å². The lowest BCUT2D eigenvalue weighted by atomic mass is 9.95. The minimum absolute atomic E-state index is 0.0276. The molecule has 0 saturated carbocycles. The van der Waals surface area contributed by atoms with Crippen LogP contribution in [-0.4, -0.2) is 24.2 Å². The summed E-state index contributed by atoms with van der Waals surface area (Å²) in [5, 5.41) is 3.45. The molecule has 0 bridgehead atoms. The Balaban J connectivity index is 4.23. The average Bonchev–Trinajstić information content (AvgIpc) is 2.01. The second-order valence-corrected chi connectivity index (χ2v) is 4.80. The van der Waals surface area contributed by atoms with Crippen LogP contribution >= 0.6 is 0 Å². The maximum Gasteiger partial charge on any atom is 0.0348 e. The van der Waals surface area contributed by atoms with Crippen LogP contribution in [0.25, 0.3) is 0 Å². The summed E-state index contributed by atoms with van der Waals surface area (Å²) in [4.78, 5) is 0. The molecule has 3 nitrogen and oxygen atoms in total. The highest BCUT2D eigenvalue weighted by Gasteiger charge is 2.21. The largest absolute Gasteiger partial charge is 0.330 e. The molecule has 0 amide bonds. The number of hydrogen-bond donors (Lipinski definition) is 3. The van der Waals surface area contributed by atoms with Crippen LogP contribution in [0.3, 0.4) is 0 Å². The summed E-state index contributed by atoms with van der Waals surface area (Å²) in [7, 11) is 0. The van der Waals surface area contributed by atoms with Crippen molar-refractivity contribution >= 4 is 0 Å². The van der Waals surface area contributed by atoms with Crippen molar-refractivity contribution in [2.75, 3.05) is 13.1 Å². The second kappa shape index (κ2) is 5.49. The number of hydrogen-bond acceptors (Lipinski definition) is 3. The Morgan fingerprint density at radius 1 is 1.29 bits per heavy atom. The van der Waals surface area contributed by atoms with Gasteiger partial charge in [-0.3, -0.25) is 0 Å². The van der Waals surface area contributed by atoms with E-state index in [0.29, 0.717) is 6.54 Å². The summed E-state index contributed by atoms with van der Waals surface area (Å²) < 4.78 is 0. The van der Waals surface area contributed by atoms with Gasteiger partial charge >= 0.3 is 0 Å². The number of nitrogens with one attached hydrogen (secondary N) is 1. The van der Waals surface area contributed by atoms with Crippen molar-refractivity contribution in [1.82, 2.24) is 5.32 Å². The zero-order valence-electron chi connectivity index (χ0n) is 9.93. The molecule has 0 saturated heterocycles. The predicted molar refractivity (Wildman–Crippen MR) is 63.2 cm³/mol. The summed E-state index contributed by atoms with van der Waals surface area (Å²) in [6.07, 6.45) is 5.12. The standard InChI is InChI=1S/C11H25N3/c1-5-6-11(4,7-8-12)14-9-10(2,3)13/h5-6,14H,7-9,12-13H2,1-4H3. The monoisotopic (exact) mass is 199 g/mol. The van der Waals surface area contributed by atoms with Crippen LogP contribution in [0.5, 0.6) is 0 Å². The van der Waals surface area contributed by atoms with Gasteiger partial charge in [-0.2, -0.15) is 0 Å². The quantitative estimate of drug-likeness (QED) is 0.559. The van der Waals surface area contributed by atoms with Crippen LogP contribution < -0.4 is 16.8 Å². The van der Waals surface area contributed by atoms with Gasteiger partial charge in [0.15, 0.2) is 0 Å². The van der Waals surface area contributed by atoms with Crippen LogP contribution in [0.15, 0.2) is 12.2 Å². The summed E-state index contributed by atoms with van der Waals surface area (Å²) in [5.41, 5.74) is 11.3. The molecule has 0 aromatic rings. The number of rotatable bonds is 6. The normalized spacial score (nSPS) is 17.3. The van der Waals surface area contributed by atoms with Gasteiger partial charge in [0.25, 0.3) is 0 Å². The zero-order chi connectivity index (χ0) is 11.2. The van der Waals surface area contributed by atoms with E-state index in [1.165, 1.54) is 0 Å². The maximum absolute atomic E-state index is 5.92. The molecule has 0 aliphatic carbocycles. The fourth-order valence-electron chi connectivity index (χ4n) is 1.33. The first-order valence-electron chi connectivity index (χ1n) is 5.21. The van der Waals surface area contributed by atoms with E-state index < -0.39 is 0 Å². The molecule has 1 atom stereocenters. The third-order valence-corrected chi connectivity index (χ3v) is 2.15. The van der Waals surface area contributed by atoms with E-state index in [1.54, 1.807) is 0 Å². The Morgan fingerprint density at radius 3 is 2.21 bits per heavy atom. The topological polar surface area (TPSA) is 64.1 Å². The number of allylic oxidation sites excluding steroid dienone is 1. The van der Waals surface area contributed by atoms with Crippen molar-refractivity contribution in [3.63, 3.8) is 0 Å². The molecule has 0 aromatic carbocycles. The highest BCUT2D eigenvalue weighted by atomic mass is 15.0.